The molecule has 1 fully saturated rings. The monoisotopic (exact) mass is 282 g/mol. The van der Waals surface area contributed by atoms with Gasteiger partial charge in [-0.25, -0.2) is 13.6 Å². The van der Waals surface area contributed by atoms with Gasteiger partial charge in [-0.2, -0.15) is 0 Å². The minimum absolute atomic E-state index is 0.0558. The van der Waals surface area contributed by atoms with Crippen molar-refractivity contribution in [2.75, 3.05) is 0 Å². The molecular formula is C13H18N2O3S. The van der Waals surface area contributed by atoms with Gasteiger partial charge in [-0.3, -0.25) is 4.79 Å². The van der Waals surface area contributed by atoms with Crippen LogP contribution in [0.4, 0.5) is 0 Å². The Labute approximate surface area is 113 Å². The molecule has 1 aliphatic rings. The predicted molar refractivity (Wildman–Crippen MR) is 71.9 cm³/mol. The molecule has 104 valence electrons. The Bertz CT molecular complexity index is 548. The molecule has 0 radical (unpaired) electrons. The number of aryl methyl sites for hydroxylation is 1. The summed E-state index contributed by atoms with van der Waals surface area (Å²) in [5.41, 5.74) is 0.927. The van der Waals surface area contributed by atoms with E-state index in [4.69, 9.17) is 5.14 Å². The lowest BCUT2D eigenvalue weighted by molar-refractivity contribution is -0.122. The number of hydrogen-bond acceptors (Lipinski definition) is 3. The summed E-state index contributed by atoms with van der Waals surface area (Å²) in [6, 6.07) is 6.67. The van der Waals surface area contributed by atoms with Gasteiger partial charge in [0.1, 0.15) is 0 Å². The van der Waals surface area contributed by atoms with Crippen molar-refractivity contribution in [3.05, 3.63) is 29.8 Å². The maximum absolute atomic E-state index is 11.6. The van der Waals surface area contributed by atoms with Gasteiger partial charge in [-0.05, 0) is 43.4 Å². The van der Waals surface area contributed by atoms with E-state index in [1.165, 1.54) is 18.6 Å². The van der Waals surface area contributed by atoms with E-state index in [1.54, 1.807) is 12.1 Å². The number of rotatable bonds is 5. The summed E-state index contributed by atoms with van der Waals surface area (Å²) in [6.45, 7) is 0. The summed E-state index contributed by atoms with van der Waals surface area (Å²) in [4.78, 5) is 11.7. The molecule has 3 N–H and O–H groups in total. The number of primary sulfonamides is 1. The Morgan fingerprint density at radius 3 is 2.37 bits per heavy atom. The second-order valence-corrected chi connectivity index (χ2v) is 6.45. The highest BCUT2D eigenvalue weighted by Crippen LogP contribution is 2.18. The van der Waals surface area contributed by atoms with Crippen molar-refractivity contribution in [1.29, 1.82) is 0 Å². The van der Waals surface area contributed by atoms with E-state index in [1.807, 2.05) is 0 Å². The molecule has 1 amide bonds. The van der Waals surface area contributed by atoms with Gasteiger partial charge >= 0.3 is 0 Å². The van der Waals surface area contributed by atoms with E-state index in [2.05, 4.69) is 5.32 Å². The molecule has 0 aliphatic heterocycles. The summed E-state index contributed by atoms with van der Waals surface area (Å²) in [7, 11) is -3.64. The summed E-state index contributed by atoms with van der Waals surface area (Å²) in [6.07, 6.45) is 4.37. The van der Waals surface area contributed by atoms with Crippen molar-refractivity contribution < 1.29 is 13.2 Å². The SMILES string of the molecule is NS(=O)(=O)c1ccc(CCC(=O)NC2CCC2)cc1. The van der Waals surface area contributed by atoms with Gasteiger partial charge in [-0.1, -0.05) is 12.1 Å². The Hall–Kier alpha value is -1.40. The molecule has 0 saturated heterocycles. The van der Waals surface area contributed by atoms with Gasteiger partial charge in [0.15, 0.2) is 0 Å². The molecule has 0 atom stereocenters. The lowest BCUT2D eigenvalue weighted by Crippen LogP contribution is -2.39. The fourth-order valence-corrected chi connectivity index (χ4v) is 2.47. The first-order chi connectivity index (χ1) is 8.95. The molecule has 1 saturated carbocycles. The highest BCUT2D eigenvalue weighted by Gasteiger charge is 2.18. The zero-order valence-corrected chi connectivity index (χ0v) is 11.4. The lowest BCUT2D eigenvalue weighted by atomic mass is 9.93. The Morgan fingerprint density at radius 1 is 1.26 bits per heavy atom. The van der Waals surface area contributed by atoms with Gasteiger partial charge in [0.2, 0.25) is 15.9 Å². The summed E-state index contributed by atoms with van der Waals surface area (Å²) in [5, 5.41) is 7.98. The van der Waals surface area contributed by atoms with Crippen molar-refractivity contribution in [3.63, 3.8) is 0 Å². The van der Waals surface area contributed by atoms with Crippen molar-refractivity contribution >= 4 is 15.9 Å². The number of hydrogen-bond donors (Lipinski definition) is 2. The minimum Gasteiger partial charge on any atom is -0.353 e. The van der Waals surface area contributed by atoms with Gasteiger partial charge in [-0.15, -0.1) is 0 Å². The average molecular weight is 282 g/mol. The molecule has 0 heterocycles. The van der Waals surface area contributed by atoms with Crippen LogP contribution >= 0.6 is 0 Å². The summed E-state index contributed by atoms with van der Waals surface area (Å²) >= 11 is 0. The van der Waals surface area contributed by atoms with Crippen molar-refractivity contribution in [3.8, 4) is 0 Å². The normalized spacial score (nSPS) is 15.8. The number of carbonyl (C=O) groups excluding carboxylic acids is 1. The van der Waals surface area contributed by atoms with Crippen LogP contribution in [0.15, 0.2) is 29.2 Å². The van der Waals surface area contributed by atoms with E-state index >= 15 is 0 Å². The smallest absolute Gasteiger partial charge is 0.238 e. The molecule has 0 unspecified atom stereocenters. The van der Waals surface area contributed by atoms with Gasteiger partial charge in [0.05, 0.1) is 4.90 Å². The van der Waals surface area contributed by atoms with Crippen LogP contribution in [-0.2, 0) is 21.2 Å². The standard InChI is InChI=1S/C13H18N2O3S/c14-19(17,18)12-7-4-10(5-8-12)6-9-13(16)15-11-2-1-3-11/h4-5,7-8,11H,1-3,6,9H2,(H,15,16)(H2,14,17,18). The molecule has 0 spiro atoms. The van der Waals surface area contributed by atoms with Gasteiger partial charge < -0.3 is 5.32 Å². The van der Waals surface area contributed by atoms with Gasteiger partial charge in [0.25, 0.3) is 0 Å². The predicted octanol–water partition coefficient (Wildman–Crippen LogP) is 0.935. The third-order valence-corrected chi connectivity index (χ3v) is 4.29. The molecule has 2 rings (SSSR count). The third-order valence-electron chi connectivity index (χ3n) is 3.36. The number of carbonyl (C=O) groups is 1. The third kappa shape index (κ3) is 4.04. The van der Waals surface area contributed by atoms with Crippen LogP contribution in [0, 0.1) is 0 Å². The van der Waals surface area contributed by atoms with Crippen LogP contribution in [0.25, 0.3) is 0 Å². The van der Waals surface area contributed by atoms with Crippen LogP contribution in [0.2, 0.25) is 0 Å². The lowest BCUT2D eigenvalue weighted by Gasteiger charge is -2.26. The first-order valence-corrected chi connectivity index (χ1v) is 7.91. The first kappa shape index (κ1) is 14.0. The number of nitrogens with two attached hydrogens (primary N) is 1. The quantitative estimate of drug-likeness (QED) is 0.842. The molecule has 1 aromatic rings. The molecular weight excluding hydrogens is 264 g/mol. The highest BCUT2D eigenvalue weighted by molar-refractivity contribution is 7.89. The molecule has 19 heavy (non-hydrogen) atoms. The van der Waals surface area contributed by atoms with Crippen LogP contribution in [0.5, 0.6) is 0 Å². The fraction of sp³-hybridized carbons (Fsp3) is 0.462. The zero-order valence-electron chi connectivity index (χ0n) is 10.6. The molecule has 6 heteroatoms. The van der Waals surface area contributed by atoms with Crippen molar-refractivity contribution in [1.82, 2.24) is 5.32 Å². The fourth-order valence-electron chi connectivity index (χ4n) is 1.96. The summed E-state index contributed by atoms with van der Waals surface area (Å²) in [5.74, 6) is 0.0558. The maximum Gasteiger partial charge on any atom is 0.238 e. The molecule has 1 aliphatic carbocycles. The van der Waals surface area contributed by atoms with E-state index in [0.717, 1.165) is 18.4 Å². The Morgan fingerprint density at radius 2 is 1.89 bits per heavy atom. The Kier molecular flexibility index (Phi) is 4.21. The van der Waals surface area contributed by atoms with E-state index < -0.39 is 10.0 Å². The van der Waals surface area contributed by atoms with Crippen LogP contribution in [0.1, 0.15) is 31.2 Å². The van der Waals surface area contributed by atoms with Crippen LogP contribution < -0.4 is 10.5 Å². The number of amides is 1. The number of sulfonamides is 1. The number of nitrogens with one attached hydrogen (secondary N) is 1. The second kappa shape index (κ2) is 5.71. The largest absolute Gasteiger partial charge is 0.353 e. The average Bonchev–Trinajstić information content (AvgIpc) is 2.31. The van der Waals surface area contributed by atoms with Crippen molar-refractivity contribution in [2.24, 2.45) is 5.14 Å². The van der Waals surface area contributed by atoms with Crippen LogP contribution in [0.3, 0.4) is 0 Å². The van der Waals surface area contributed by atoms with E-state index in [-0.39, 0.29) is 10.8 Å². The number of benzene rings is 1. The van der Waals surface area contributed by atoms with Crippen molar-refractivity contribution in [2.45, 2.75) is 43.0 Å². The molecule has 1 aromatic carbocycles. The van der Waals surface area contributed by atoms with E-state index in [0.29, 0.717) is 18.9 Å². The Balaban J connectivity index is 1.84. The molecule has 5 nitrogen and oxygen atoms in total. The molecule has 0 aromatic heterocycles. The van der Waals surface area contributed by atoms with Gasteiger partial charge in [0, 0.05) is 12.5 Å². The topological polar surface area (TPSA) is 89.3 Å². The summed E-state index contributed by atoms with van der Waals surface area (Å²) < 4.78 is 22.2. The minimum atomic E-state index is -3.64. The second-order valence-electron chi connectivity index (χ2n) is 4.88. The first-order valence-electron chi connectivity index (χ1n) is 6.36. The molecule has 0 bridgehead atoms. The van der Waals surface area contributed by atoms with Crippen LogP contribution in [-0.4, -0.2) is 20.4 Å². The highest BCUT2D eigenvalue weighted by atomic mass is 32.2. The zero-order chi connectivity index (χ0) is 13.9. The maximum atomic E-state index is 11.6. The van der Waals surface area contributed by atoms with E-state index in [9.17, 15) is 13.2 Å².